The fraction of sp³-hybridized carbons (Fsp3) is 0.333. The van der Waals surface area contributed by atoms with Gasteiger partial charge in [-0.1, -0.05) is 36.5 Å². The largest absolute Gasteiger partial charge is 0.493 e. The number of carboxylic acid groups (broad SMARTS) is 1. The van der Waals surface area contributed by atoms with Crippen molar-refractivity contribution in [1.82, 2.24) is 4.57 Å². The SMILES string of the molecule is CCCOc1c(OC)cccc1[C@H]1C(C(=O)OCC)=C(C)N=c2s/c(=C/c3ccc(OCC(=O)O)c(OC)c3)c(=O)n21. The second-order valence-corrected chi connectivity index (χ2v) is 10.1. The number of hydrogen-bond donors (Lipinski definition) is 1. The number of carbonyl (C=O) groups excluding carboxylic acids is 1. The molecule has 11 nitrogen and oxygen atoms in total. The number of aromatic nitrogens is 1. The second kappa shape index (κ2) is 13.4. The van der Waals surface area contributed by atoms with Crippen LogP contribution in [0, 0.1) is 0 Å². The van der Waals surface area contributed by atoms with Crippen LogP contribution in [0.5, 0.6) is 23.0 Å². The smallest absolute Gasteiger partial charge is 0.341 e. The fourth-order valence-electron chi connectivity index (χ4n) is 4.54. The molecule has 222 valence electrons. The Morgan fingerprint density at radius 3 is 2.50 bits per heavy atom. The van der Waals surface area contributed by atoms with Crippen molar-refractivity contribution in [2.45, 2.75) is 33.2 Å². The second-order valence-electron chi connectivity index (χ2n) is 9.12. The maximum atomic E-state index is 14.0. The zero-order valence-corrected chi connectivity index (χ0v) is 24.8. The molecule has 4 rings (SSSR count). The van der Waals surface area contributed by atoms with Gasteiger partial charge in [0.05, 0.1) is 43.2 Å². The highest BCUT2D eigenvalue weighted by Crippen LogP contribution is 2.41. The third kappa shape index (κ3) is 6.18. The molecule has 1 aliphatic heterocycles. The summed E-state index contributed by atoms with van der Waals surface area (Å²) in [5.41, 5.74) is 1.47. The van der Waals surface area contributed by atoms with Gasteiger partial charge in [0, 0.05) is 5.56 Å². The summed E-state index contributed by atoms with van der Waals surface area (Å²) in [4.78, 5) is 43.3. The first-order chi connectivity index (χ1) is 20.2. The normalized spacial score (nSPS) is 14.6. The fourth-order valence-corrected chi connectivity index (χ4v) is 5.58. The van der Waals surface area contributed by atoms with Gasteiger partial charge in [-0.2, -0.15) is 0 Å². The van der Waals surface area contributed by atoms with E-state index in [0.29, 0.717) is 50.0 Å². The predicted molar refractivity (Wildman–Crippen MR) is 155 cm³/mol. The van der Waals surface area contributed by atoms with Crippen LogP contribution in [0.2, 0.25) is 0 Å². The van der Waals surface area contributed by atoms with Crippen molar-refractivity contribution in [1.29, 1.82) is 0 Å². The number of allylic oxidation sites excluding steroid dienone is 1. The maximum absolute atomic E-state index is 14.0. The van der Waals surface area contributed by atoms with Gasteiger partial charge in [0.15, 0.2) is 34.4 Å². The van der Waals surface area contributed by atoms with E-state index in [4.69, 9.17) is 28.8 Å². The lowest BCUT2D eigenvalue weighted by molar-refractivity contribution is -0.140. The minimum Gasteiger partial charge on any atom is -0.493 e. The molecule has 0 amide bonds. The number of ether oxygens (including phenoxy) is 5. The summed E-state index contributed by atoms with van der Waals surface area (Å²) in [5.74, 6) is -0.230. The molecule has 0 bridgehead atoms. The molecule has 2 aromatic carbocycles. The van der Waals surface area contributed by atoms with Gasteiger partial charge >= 0.3 is 11.9 Å². The molecule has 0 aliphatic carbocycles. The third-order valence-electron chi connectivity index (χ3n) is 6.33. The van der Waals surface area contributed by atoms with Crippen LogP contribution >= 0.6 is 11.3 Å². The Labute approximate surface area is 245 Å². The number of carbonyl (C=O) groups is 2. The maximum Gasteiger partial charge on any atom is 0.341 e. The summed E-state index contributed by atoms with van der Waals surface area (Å²) in [6.07, 6.45) is 2.41. The summed E-state index contributed by atoms with van der Waals surface area (Å²) in [5, 5.41) is 8.93. The molecule has 0 spiro atoms. The van der Waals surface area contributed by atoms with Crippen molar-refractivity contribution < 1.29 is 38.4 Å². The topological polar surface area (TPSA) is 135 Å². The number of rotatable bonds is 12. The van der Waals surface area contributed by atoms with E-state index in [9.17, 15) is 14.4 Å². The summed E-state index contributed by atoms with van der Waals surface area (Å²) in [6.45, 7) is 5.44. The lowest BCUT2D eigenvalue weighted by Crippen LogP contribution is -2.40. The zero-order valence-electron chi connectivity index (χ0n) is 24.0. The number of esters is 1. The monoisotopic (exact) mass is 596 g/mol. The van der Waals surface area contributed by atoms with E-state index in [0.717, 1.165) is 6.42 Å². The average molecular weight is 597 g/mol. The lowest BCUT2D eigenvalue weighted by Gasteiger charge is -2.27. The van der Waals surface area contributed by atoms with Gasteiger partial charge in [0.1, 0.15) is 6.04 Å². The molecular weight excluding hydrogens is 564 g/mol. The van der Waals surface area contributed by atoms with E-state index in [1.807, 2.05) is 6.92 Å². The predicted octanol–water partition coefficient (Wildman–Crippen LogP) is 3.07. The molecule has 1 aliphatic rings. The number of para-hydroxylation sites is 1. The molecule has 1 atom stereocenters. The molecule has 0 radical (unpaired) electrons. The summed E-state index contributed by atoms with van der Waals surface area (Å²) in [7, 11) is 2.97. The van der Waals surface area contributed by atoms with Gasteiger partial charge < -0.3 is 28.8 Å². The van der Waals surface area contributed by atoms with E-state index in [-0.39, 0.29) is 23.5 Å². The molecule has 42 heavy (non-hydrogen) atoms. The summed E-state index contributed by atoms with van der Waals surface area (Å²) < 4.78 is 29.6. The van der Waals surface area contributed by atoms with Crippen molar-refractivity contribution in [2.24, 2.45) is 4.99 Å². The van der Waals surface area contributed by atoms with Gasteiger partial charge in [-0.25, -0.2) is 14.6 Å². The van der Waals surface area contributed by atoms with Crippen molar-refractivity contribution in [3.63, 3.8) is 0 Å². The molecule has 0 unspecified atom stereocenters. The number of carboxylic acids is 1. The van der Waals surface area contributed by atoms with Crippen LogP contribution in [0.3, 0.4) is 0 Å². The minimum absolute atomic E-state index is 0.151. The molecule has 1 N–H and O–H groups in total. The number of methoxy groups -OCH3 is 2. The minimum atomic E-state index is -1.12. The molecular formula is C30H32N2O9S. The number of thiazole rings is 1. The van der Waals surface area contributed by atoms with Crippen LogP contribution in [0.1, 0.15) is 44.4 Å². The molecule has 3 aromatic rings. The highest BCUT2D eigenvalue weighted by Gasteiger charge is 2.36. The van der Waals surface area contributed by atoms with Gasteiger partial charge in [0.2, 0.25) is 0 Å². The molecule has 12 heteroatoms. The zero-order chi connectivity index (χ0) is 30.4. The first kappa shape index (κ1) is 30.4. The Balaban J connectivity index is 1.92. The molecule has 1 aromatic heterocycles. The van der Waals surface area contributed by atoms with Crippen molar-refractivity contribution >= 4 is 29.4 Å². The van der Waals surface area contributed by atoms with Crippen LogP contribution in [0.15, 0.2) is 57.5 Å². The van der Waals surface area contributed by atoms with Gasteiger partial charge in [-0.3, -0.25) is 9.36 Å². The Kier molecular flexibility index (Phi) is 9.68. The van der Waals surface area contributed by atoms with Gasteiger partial charge in [0.25, 0.3) is 5.56 Å². The van der Waals surface area contributed by atoms with Crippen LogP contribution in [0.25, 0.3) is 6.08 Å². The number of fused-ring (bicyclic) bond motifs is 1. The molecule has 0 fully saturated rings. The lowest BCUT2D eigenvalue weighted by atomic mass is 9.94. The van der Waals surface area contributed by atoms with Gasteiger partial charge in [-0.15, -0.1) is 0 Å². The highest BCUT2D eigenvalue weighted by molar-refractivity contribution is 7.07. The van der Waals surface area contributed by atoms with E-state index < -0.39 is 24.6 Å². The summed E-state index contributed by atoms with van der Waals surface area (Å²) >= 11 is 1.17. The van der Waals surface area contributed by atoms with E-state index in [2.05, 4.69) is 4.99 Å². The first-order valence-corrected chi connectivity index (χ1v) is 14.1. The van der Waals surface area contributed by atoms with Crippen molar-refractivity contribution in [3.05, 3.63) is 78.5 Å². The van der Waals surface area contributed by atoms with Crippen LogP contribution in [-0.2, 0) is 14.3 Å². The molecule has 2 heterocycles. The van der Waals surface area contributed by atoms with Crippen molar-refractivity contribution in [2.75, 3.05) is 34.0 Å². The molecule has 0 saturated carbocycles. The van der Waals surface area contributed by atoms with Crippen LogP contribution in [-0.4, -0.2) is 55.7 Å². The Morgan fingerprint density at radius 2 is 1.83 bits per heavy atom. The standard InChI is InChI=1S/C30H32N2O9S/c1-6-13-40-27-19(9-8-10-21(27)37-4)26-25(29(36)39-7-2)17(3)31-30-32(26)28(35)23(42-30)15-18-11-12-20(22(14-18)38-5)41-16-24(33)34/h8-12,14-15,26H,6-7,13,16H2,1-5H3,(H,33,34)/b23-15+/t26-/m0/s1. The number of aliphatic carboxylic acids is 1. The van der Waals surface area contributed by atoms with E-state index >= 15 is 0 Å². The highest BCUT2D eigenvalue weighted by atomic mass is 32.1. The number of nitrogens with zero attached hydrogens (tertiary/aromatic N) is 2. The third-order valence-corrected chi connectivity index (χ3v) is 7.31. The summed E-state index contributed by atoms with van der Waals surface area (Å²) in [6, 6.07) is 9.35. The van der Waals surface area contributed by atoms with Gasteiger partial charge in [-0.05, 0) is 50.1 Å². The van der Waals surface area contributed by atoms with Crippen LogP contribution in [0.4, 0.5) is 0 Å². The Bertz CT molecular complexity index is 1700. The average Bonchev–Trinajstić information content (AvgIpc) is 3.28. The number of benzene rings is 2. The molecule has 0 saturated heterocycles. The Morgan fingerprint density at radius 1 is 1.07 bits per heavy atom. The number of hydrogen-bond acceptors (Lipinski definition) is 10. The first-order valence-electron chi connectivity index (χ1n) is 13.3. The quantitative estimate of drug-likeness (QED) is 0.313. The Hall–Kier alpha value is -4.58. The van der Waals surface area contributed by atoms with E-state index in [1.54, 1.807) is 56.3 Å². The van der Waals surface area contributed by atoms with Crippen LogP contribution < -0.4 is 33.8 Å². The van der Waals surface area contributed by atoms with E-state index in [1.165, 1.54) is 30.1 Å². The van der Waals surface area contributed by atoms with Crippen molar-refractivity contribution in [3.8, 4) is 23.0 Å².